The first-order valence-corrected chi connectivity index (χ1v) is 7.16. The van der Waals surface area contributed by atoms with E-state index in [2.05, 4.69) is 70.5 Å². The third-order valence-electron chi connectivity index (χ3n) is 3.47. The van der Waals surface area contributed by atoms with Crippen molar-refractivity contribution in [3.63, 3.8) is 0 Å². The molecule has 0 saturated carbocycles. The van der Waals surface area contributed by atoms with E-state index < -0.39 is 0 Å². The summed E-state index contributed by atoms with van der Waals surface area (Å²) in [6.07, 6.45) is 5.80. The molecule has 0 aliphatic carbocycles. The van der Waals surface area contributed by atoms with Gasteiger partial charge in [-0.3, -0.25) is 4.98 Å². The Kier molecular flexibility index (Phi) is 4.12. The monoisotopic (exact) mass is 277 g/mol. The van der Waals surface area contributed by atoms with E-state index in [1.165, 1.54) is 22.5 Å². The first-order valence-electron chi connectivity index (χ1n) is 7.16. The Balaban J connectivity index is 1.69. The van der Waals surface area contributed by atoms with E-state index in [0.29, 0.717) is 0 Å². The lowest BCUT2D eigenvalue weighted by Crippen LogP contribution is -2.15. The van der Waals surface area contributed by atoms with Gasteiger partial charge in [0.05, 0.1) is 0 Å². The van der Waals surface area contributed by atoms with Gasteiger partial charge in [-0.15, -0.1) is 0 Å². The molecule has 3 rings (SSSR count). The zero-order valence-corrected chi connectivity index (χ0v) is 12.2. The summed E-state index contributed by atoms with van der Waals surface area (Å²) in [5.74, 6) is 0. The lowest BCUT2D eigenvalue weighted by atomic mass is 10.2. The molecule has 2 heterocycles. The van der Waals surface area contributed by atoms with Crippen LogP contribution in [0.5, 0.6) is 0 Å². The third kappa shape index (κ3) is 3.38. The first kappa shape index (κ1) is 13.6. The van der Waals surface area contributed by atoms with Crippen molar-refractivity contribution >= 4 is 0 Å². The van der Waals surface area contributed by atoms with Crippen molar-refractivity contribution in [3.05, 3.63) is 83.9 Å². The number of rotatable bonds is 5. The van der Waals surface area contributed by atoms with Gasteiger partial charge >= 0.3 is 0 Å². The fourth-order valence-corrected chi connectivity index (χ4v) is 2.43. The van der Waals surface area contributed by atoms with Gasteiger partial charge in [-0.2, -0.15) is 0 Å². The van der Waals surface area contributed by atoms with Gasteiger partial charge in [-0.1, -0.05) is 18.2 Å². The summed E-state index contributed by atoms with van der Waals surface area (Å²) in [6.45, 7) is 3.77. The van der Waals surface area contributed by atoms with E-state index in [4.69, 9.17) is 0 Å². The molecule has 2 aromatic heterocycles. The average Bonchev–Trinajstić information content (AvgIpc) is 2.97. The van der Waals surface area contributed by atoms with Gasteiger partial charge in [0.2, 0.25) is 0 Å². The van der Waals surface area contributed by atoms with Crippen LogP contribution in [0.15, 0.2) is 67.1 Å². The number of pyridine rings is 1. The molecule has 0 aliphatic rings. The second kappa shape index (κ2) is 6.37. The highest BCUT2D eigenvalue weighted by atomic mass is 15.0. The number of benzene rings is 1. The maximum Gasteiger partial charge on any atom is 0.0455 e. The van der Waals surface area contributed by atoms with E-state index in [1.807, 2.05) is 12.3 Å². The number of aromatic nitrogens is 2. The molecule has 0 bridgehead atoms. The van der Waals surface area contributed by atoms with E-state index in [1.54, 1.807) is 6.20 Å². The van der Waals surface area contributed by atoms with Crippen molar-refractivity contribution in [2.24, 2.45) is 0 Å². The van der Waals surface area contributed by atoms with Crippen molar-refractivity contribution in [2.45, 2.75) is 20.0 Å². The molecule has 3 aromatic rings. The predicted molar refractivity (Wildman–Crippen MR) is 85.3 cm³/mol. The molecule has 3 heteroatoms. The van der Waals surface area contributed by atoms with Crippen LogP contribution in [0.2, 0.25) is 0 Å². The van der Waals surface area contributed by atoms with Crippen LogP contribution >= 0.6 is 0 Å². The molecule has 0 aliphatic heterocycles. The number of hydrogen-bond donors (Lipinski definition) is 1. The molecule has 0 atom stereocenters. The summed E-state index contributed by atoms with van der Waals surface area (Å²) in [5.41, 5.74) is 4.93. The molecular formula is C18H19N3. The normalized spacial score (nSPS) is 10.7. The van der Waals surface area contributed by atoms with Crippen LogP contribution in [-0.4, -0.2) is 9.55 Å². The highest BCUT2D eigenvalue weighted by Crippen LogP contribution is 2.14. The number of hydrogen-bond acceptors (Lipinski definition) is 2. The molecule has 0 fully saturated rings. The van der Waals surface area contributed by atoms with Gasteiger partial charge in [-0.05, 0) is 48.4 Å². The van der Waals surface area contributed by atoms with Gasteiger partial charge in [0, 0.05) is 43.1 Å². The van der Waals surface area contributed by atoms with Crippen LogP contribution in [0.3, 0.4) is 0 Å². The molecule has 106 valence electrons. The van der Waals surface area contributed by atoms with Crippen molar-refractivity contribution < 1.29 is 0 Å². The molecule has 1 aromatic carbocycles. The van der Waals surface area contributed by atoms with Crippen LogP contribution in [0.1, 0.15) is 16.8 Å². The van der Waals surface area contributed by atoms with Crippen LogP contribution in [0, 0.1) is 6.92 Å². The van der Waals surface area contributed by atoms with Gasteiger partial charge in [-0.25, -0.2) is 0 Å². The Morgan fingerprint density at radius 3 is 2.81 bits per heavy atom. The van der Waals surface area contributed by atoms with Crippen molar-refractivity contribution in [2.75, 3.05) is 0 Å². The summed E-state index contributed by atoms with van der Waals surface area (Å²) in [4.78, 5) is 4.13. The van der Waals surface area contributed by atoms with Crippen molar-refractivity contribution in [3.8, 4) is 5.69 Å². The van der Waals surface area contributed by atoms with Crippen LogP contribution in [0.4, 0.5) is 0 Å². The zero-order chi connectivity index (χ0) is 14.5. The second-order valence-corrected chi connectivity index (χ2v) is 5.17. The fraction of sp³-hybridized carbons (Fsp3) is 0.167. The molecule has 3 nitrogen and oxygen atoms in total. The second-order valence-electron chi connectivity index (χ2n) is 5.17. The maximum atomic E-state index is 4.13. The minimum absolute atomic E-state index is 0.826. The molecule has 0 radical (unpaired) electrons. The van der Waals surface area contributed by atoms with E-state index in [-0.39, 0.29) is 0 Å². The summed E-state index contributed by atoms with van der Waals surface area (Å²) in [5, 5.41) is 3.47. The largest absolute Gasteiger partial charge is 0.320 e. The van der Waals surface area contributed by atoms with Crippen molar-refractivity contribution in [1.29, 1.82) is 0 Å². The Labute approximate surface area is 125 Å². The minimum Gasteiger partial charge on any atom is -0.320 e. The lowest BCUT2D eigenvalue weighted by Gasteiger charge is -2.11. The highest BCUT2D eigenvalue weighted by molar-refractivity contribution is 5.38. The Hall–Kier alpha value is -2.39. The summed E-state index contributed by atoms with van der Waals surface area (Å²) >= 11 is 0. The average molecular weight is 277 g/mol. The van der Waals surface area contributed by atoms with Crippen LogP contribution in [-0.2, 0) is 13.1 Å². The molecule has 1 N–H and O–H groups in total. The Bertz CT molecular complexity index is 701. The molecular weight excluding hydrogens is 258 g/mol. The quantitative estimate of drug-likeness (QED) is 0.774. The zero-order valence-electron chi connectivity index (χ0n) is 12.2. The smallest absolute Gasteiger partial charge is 0.0455 e. The lowest BCUT2D eigenvalue weighted by molar-refractivity contribution is 0.668. The maximum absolute atomic E-state index is 4.13. The topological polar surface area (TPSA) is 29.9 Å². The standard InChI is InChI=1S/C18H19N3/c1-15-5-2-7-17(11-15)21-10-4-8-18(21)14-20-13-16-6-3-9-19-12-16/h2-12,20H,13-14H2,1H3. The number of aryl methyl sites for hydroxylation is 1. The van der Waals surface area contributed by atoms with Crippen molar-refractivity contribution in [1.82, 2.24) is 14.9 Å². The third-order valence-corrected chi connectivity index (χ3v) is 3.47. The van der Waals surface area contributed by atoms with Gasteiger partial charge in [0.1, 0.15) is 0 Å². The Morgan fingerprint density at radius 1 is 1.05 bits per heavy atom. The molecule has 0 saturated heterocycles. The molecule has 0 spiro atoms. The SMILES string of the molecule is Cc1cccc(-n2cccc2CNCc2cccnc2)c1. The molecule has 21 heavy (non-hydrogen) atoms. The van der Waals surface area contributed by atoms with Gasteiger partial charge < -0.3 is 9.88 Å². The number of nitrogens with zero attached hydrogens (tertiary/aromatic N) is 2. The Morgan fingerprint density at radius 2 is 2.00 bits per heavy atom. The van der Waals surface area contributed by atoms with Crippen LogP contribution in [0.25, 0.3) is 5.69 Å². The minimum atomic E-state index is 0.826. The molecule has 0 unspecified atom stereocenters. The van der Waals surface area contributed by atoms with E-state index in [0.717, 1.165) is 13.1 Å². The molecule has 0 amide bonds. The van der Waals surface area contributed by atoms with Gasteiger partial charge in [0.25, 0.3) is 0 Å². The summed E-state index contributed by atoms with van der Waals surface area (Å²) in [6, 6.07) is 16.8. The van der Waals surface area contributed by atoms with Gasteiger partial charge in [0.15, 0.2) is 0 Å². The van der Waals surface area contributed by atoms with E-state index in [9.17, 15) is 0 Å². The summed E-state index contributed by atoms with van der Waals surface area (Å²) < 4.78 is 2.23. The van der Waals surface area contributed by atoms with Crippen LogP contribution < -0.4 is 5.32 Å². The fourth-order valence-electron chi connectivity index (χ4n) is 2.43. The van der Waals surface area contributed by atoms with E-state index >= 15 is 0 Å². The predicted octanol–water partition coefficient (Wildman–Crippen LogP) is 3.47. The number of nitrogens with one attached hydrogen (secondary N) is 1. The first-order chi connectivity index (χ1) is 10.3. The highest BCUT2D eigenvalue weighted by Gasteiger charge is 2.03. The summed E-state index contributed by atoms with van der Waals surface area (Å²) in [7, 11) is 0.